The zero-order valence-electron chi connectivity index (χ0n) is 28.9. The van der Waals surface area contributed by atoms with Crippen LogP contribution in [0, 0.1) is 0 Å². The van der Waals surface area contributed by atoms with Gasteiger partial charge in [-0.1, -0.05) is 113 Å². The normalized spacial score (nSPS) is 17.9. The molecular formula is C46H48N2. The summed E-state index contributed by atoms with van der Waals surface area (Å²) in [6.45, 7) is 4.83. The molecule has 2 fully saturated rings. The van der Waals surface area contributed by atoms with Crippen molar-refractivity contribution in [1.29, 1.82) is 0 Å². The topological polar surface area (TPSA) is 8.17 Å². The first-order valence-electron chi connectivity index (χ1n) is 18.6. The smallest absolute Gasteiger partial charge is 0.0571 e. The zero-order valence-corrected chi connectivity index (χ0v) is 28.9. The van der Waals surface area contributed by atoms with Crippen molar-refractivity contribution >= 4 is 38.9 Å². The summed E-state index contributed by atoms with van der Waals surface area (Å²) in [5.41, 5.74) is 14.9. The van der Waals surface area contributed by atoms with E-state index in [2.05, 4.69) is 133 Å². The van der Waals surface area contributed by atoms with Crippen LogP contribution in [-0.4, -0.2) is 4.57 Å². The first-order valence-corrected chi connectivity index (χ1v) is 18.6. The second-order valence-corrected chi connectivity index (χ2v) is 15.5. The molecule has 0 bridgehead atoms. The first-order chi connectivity index (χ1) is 23.5. The third kappa shape index (κ3) is 4.74. The molecule has 0 N–H and O–H groups in total. The van der Waals surface area contributed by atoms with Crippen LogP contribution >= 0.6 is 0 Å². The SMILES string of the molecule is Cn1c2ccccc2c2ccc3c(c21)-c1ccc(N(c2ccc(C4CCCCC4)cc2)c2ccc(C4CCCCC4)cc2)cc1C3(C)C. The predicted molar refractivity (Wildman–Crippen MR) is 204 cm³/mol. The molecule has 0 unspecified atom stereocenters. The number of para-hydroxylation sites is 1. The van der Waals surface area contributed by atoms with Gasteiger partial charge in [0, 0.05) is 51.4 Å². The van der Waals surface area contributed by atoms with Crippen molar-refractivity contribution in [2.45, 2.75) is 95.3 Å². The summed E-state index contributed by atoms with van der Waals surface area (Å²) in [5, 5.41) is 2.68. The minimum absolute atomic E-state index is 0.104. The second kappa shape index (κ2) is 11.7. The van der Waals surface area contributed by atoms with Crippen LogP contribution < -0.4 is 4.90 Å². The Hall–Kier alpha value is -4.30. The molecule has 242 valence electrons. The van der Waals surface area contributed by atoms with Crippen LogP contribution in [0.3, 0.4) is 0 Å². The van der Waals surface area contributed by atoms with E-state index in [1.165, 1.54) is 136 Å². The van der Waals surface area contributed by atoms with Crippen LogP contribution in [0.4, 0.5) is 17.1 Å². The van der Waals surface area contributed by atoms with Gasteiger partial charge < -0.3 is 9.47 Å². The van der Waals surface area contributed by atoms with Gasteiger partial charge in [0.05, 0.1) is 5.52 Å². The average Bonchev–Trinajstić information content (AvgIpc) is 3.56. The fraction of sp³-hybridized carbons (Fsp3) is 0.348. The Balaban J connectivity index is 1.16. The summed E-state index contributed by atoms with van der Waals surface area (Å²) in [6, 6.07) is 40.1. The molecule has 2 nitrogen and oxygen atoms in total. The van der Waals surface area contributed by atoms with Crippen molar-refractivity contribution in [1.82, 2.24) is 4.57 Å². The summed E-state index contributed by atoms with van der Waals surface area (Å²) in [7, 11) is 2.24. The lowest BCUT2D eigenvalue weighted by molar-refractivity contribution is 0.443. The van der Waals surface area contributed by atoms with E-state index in [1.807, 2.05) is 0 Å². The maximum atomic E-state index is 2.50. The average molecular weight is 629 g/mol. The van der Waals surface area contributed by atoms with Crippen LogP contribution in [0.15, 0.2) is 103 Å². The zero-order chi connectivity index (χ0) is 32.4. The van der Waals surface area contributed by atoms with Crippen molar-refractivity contribution in [3.8, 4) is 11.1 Å². The van der Waals surface area contributed by atoms with Crippen LogP contribution in [0.1, 0.15) is 112 Å². The molecule has 48 heavy (non-hydrogen) atoms. The molecule has 2 heteroatoms. The first kappa shape index (κ1) is 29.8. The van der Waals surface area contributed by atoms with E-state index in [1.54, 1.807) is 0 Å². The maximum absolute atomic E-state index is 2.50. The van der Waals surface area contributed by atoms with E-state index in [0.29, 0.717) is 11.8 Å². The molecule has 3 aliphatic carbocycles. The number of fused-ring (bicyclic) bond motifs is 7. The predicted octanol–water partition coefficient (Wildman–Crippen LogP) is 13.2. The highest BCUT2D eigenvalue weighted by molar-refractivity contribution is 6.14. The van der Waals surface area contributed by atoms with Crippen LogP contribution in [0.2, 0.25) is 0 Å². The Bertz CT molecular complexity index is 2060. The summed E-state index contributed by atoms with van der Waals surface area (Å²) in [6.07, 6.45) is 13.6. The number of rotatable bonds is 5. The van der Waals surface area contributed by atoms with E-state index in [9.17, 15) is 0 Å². The minimum atomic E-state index is -0.104. The molecule has 0 spiro atoms. The third-order valence-corrected chi connectivity index (χ3v) is 12.4. The summed E-state index contributed by atoms with van der Waals surface area (Å²) >= 11 is 0. The highest BCUT2D eigenvalue weighted by Crippen LogP contribution is 2.54. The number of hydrogen-bond acceptors (Lipinski definition) is 1. The quantitative estimate of drug-likeness (QED) is 0.184. The summed E-state index contributed by atoms with van der Waals surface area (Å²) in [5.74, 6) is 1.42. The Morgan fingerprint density at radius 3 is 1.73 bits per heavy atom. The van der Waals surface area contributed by atoms with E-state index in [4.69, 9.17) is 0 Å². The van der Waals surface area contributed by atoms with E-state index in [0.717, 1.165) is 0 Å². The minimum Gasteiger partial charge on any atom is -0.343 e. The van der Waals surface area contributed by atoms with Gasteiger partial charge in [-0.25, -0.2) is 0 Å². The summed E-state index contributed by atoms with van der Waals surface area (Å²) < 4.78 is 2.41. The molecule has 0 radical (unpaired) electrons. The van der Waals surface area contributed by atoms with Crippen LogP contribution in [0.5, 0.6) is 0 Å². The highest BCUT2D eigenvalue weighted by Gasteiger charge is 2.38. The van der Waals surface area contributed by atoms with E-state index in [-0.39, 0.29) is 5.41 Å². The molecule has 0 atom stereocenters. The molecule has 2 saturated carbocycles. The number of aryl methyl sites for hydroxylation is 1. The van der Waals surface area contributed by atoms with Crippen molar-refractivity contribution < 1.29 is 0 Å². The van der Waals surface area contributed by atoms with E-state index < -0.39 is 0 Å². The Morgan fingerprint density at radius 1 is 0.562 bits per heavy atom. The van der Waals surface area contributed by atoms with Gasteiger partial charge in [0.1, 0.15) is 0 Å². The van der Waals surface area contributed by atoms with Gasteiger partial charge in [0.25, 0.3) is 0 Å². The van der Waals surface area contributed by atoms with Crippen LogP contribution in [-0.2, 0) is 12.5 Å². The second-order valence-electron chi connectivity index (χ2n) is 15.5. The standard InChI is InChI=1S/C46H48N2/c1-46(2)41-29-28-39-38-16-10-11-17-43(38)47(3)45(39)44(41)40-27-26-37(30-42(40)46)48(35-22-18-33(19-23-35)31-12-6-4-7-13-31)36-24-20-34(21-25-36)32-14-8-5-9-15-32/h10-11,16-32H,4-9,12-15H2,1-3H3. The molecule has 0 amide bonds. The Labute approximate surface area is 286 Å². The number of hydrogen-bond donors (Lipinski definition) is 0. The van der Waals surface area contributed by atoms with Gasteiger partial charge in [-0.15, -0.1) is 0 Å². The van der Waals surface area contributed by atoms with Gasteiger partial charge in [-0.2, -0.15) is 0 Å². The van der Waals surface area contributed by atoms with Gasteiger partial charge >= 0.3 is 0 Å². The molecule has 1 aromatic heterocycles. The van der Waals surface area contributed by atoms with Gasteiger partial charge in [0.2, 0.25) is 0 Å². The number of anilines is 3. The lowest BCUT2D eigenvalue weighted by atomic mass is 9.82. The fourth-order valence-corrected chi connectivity index (χ4v) is 9.73. The molecule has 6 aromatic rings. The largest absolute Gasteiger partial charge is 0.343 e. The van der Waals surface area contributed by atoms with Crippen molar-refractivity contribution in [3.05, 3.63) is 125 Å². The van der Waals surface area contributed by atoms with Crippen LogP contribution in [0.25, 0.3) is 32.9 Å². The third-order valence-electron chi connectivity index (χ3n) is 12.4. The lowest BCUT2D eigenvalue weighted by Gasteiger charge is -2.29. The molecular weight excluding hydrogens is 581 g/mol. The molecule has 0 saturated heterocycles. The van der Waals surface area contributed by atoms with E-state index >= 15 is 0 Å². The fourth-order valence-electron chi connectivity index (χ4n) is 9.73. The van der Waals surface area contributed by atoms with Crippen molar-refractivity contribution in [2.75, 3.05) is 4.90 Å². The number of nitrogens with zero attached hydrogens (tertiary/aromatic N) is 2. The number of benzene rings is 5. The van der Waals surface area contributed by atoms with Crippen molar-refractivity contribution in [3.63, 3.8) is 0 Å². The molecule has 1 heterocycles. The monoisotopic (exact) mass is 628 g/mol. The molecule has 3 aliphatic rings. The van der Waals surface area contributed by atoms with Gasteiger partial charge in [-0.3, -0.25) is 0 Å². The maximum Gasteiger partial charge on any atom is 0.0571 e. The Kier molecular flexibility index (Phi) is 7.26. The lowest BCUT2D eigenvalue weighted by Crippen LogP contribution is -2.16. The molecule has 5 aromatic carbocycles. The number of aromatic nitrogens is 1. The molecule has 9 rings (SSSR count). The van der Waals surface area contributed by atoms with Gasteiger partial charge in [-0.05, 0) is 108 Å². The van der Waals surface area contributed by atoms with Crippen molar-refractivity contribution in [2.24, 2.45) is 7.05 Å². The van der Waals surface area contributed by atoms with Gasteiger partial charge in [0.15, 0.2) is 0 Å². The molecule has 0 aliphatic heterocycles. The summed E-state index contributed by atoms with van der Waals surface area (Å²) in [4.78, 5) is 2.50. The Morgan fingerprint density at radius 2 is 1.12 bits per heavy atom. The highest BCUT2D eigenvalue weighted by atomic mass is 15.1.